The minimum atomic E-state index is -1.33. The predicted octanol–water partition coefficient (Wildman–Crippen LogP) is 4.35. The van der Waals surface area contributed by atoms with Crippen molar-refractivity contribution in [1.82, 2.24) is 15.1 Å². The molecule has 1 unspecified atom stereocenters. The maximum atomic E-state index is 14.2. The van der Waals surface area contributed by atoms with E-state index < -0.39 is 35.9 Å². The second-order valence-electron chi connectivity index (χ2n) is 12.1. The van der Waals surface area contributed by atoms with E-state index in [9.17, 15) is 24.3 Å². The maximum absolute atomic E-state index is 14.2. The summed E-state index contributed by atoms with van der Waals surface area (Å²) in [7, 11) is 0. The number of amides is 4. The molecule has 2 aromatic carbocycles. The van der Waals surface area contributed by atoms with Gasteiger partial charge in [-0.1, -0.05) is 63.4 Å². The Morgan fingerprint density at radius 1 is 0.930 bits per heavy atom. The van der Waals surface area contributed by atoms with Crippen molar-refractivity contribution >= 4 is 35.2 Å². The number of carboxylic acid groups (broad SMARTS) is 1. The van der Waals surface area contributed by atoms with Crippen molar-refractivity contribution in [2.75, 3.05) is 10.6 Å². The molecule has 1 aliphatic heterocycles. The van der Waals surface area contributed by atoms with Crippen molar-refractivity contribution in [2.45, 2.75) is 96.2 Å². The average molecular weight is 594 g/mol. The third kappa shape index (κ3) is 7.71. The van der Waals surface area contributed by atoms with Crippen LogP contribution in [0.2, 0.25) is 0 Å². The van der Waals surface area contributed by atoms with E-state index in [4.69, 9.17) is 5.11 Å². The van der Waals surface area contributed by atoms with E-state index in [1.807, 2.05) is 44.2 Å². The highest BCUT2D eigenvalue weighted by Gasteiger charge is 2.59. The van der Waals surface area contributed by atoms with Gasteiger partial charge in [0.1, 0.15) is 11.6 Å². The highest BCUT2D eigenvalue weighted by atomic mass is 16.4. The standard InChI is InChI=1S/C32H43N5O6/c1-21(2)18-26(28(40)33-22(3)19-27(38)39)37-29(41)32(16-8-5-9-17-32)36(31(37)43)20-23-12-14-25(15-13-23)35-30(42)34-24-10-6-4-7-11-24/h4,6-7,10-15,21-22,26,31,43H,5,8-9,16-20H2,1-3H3,(H,33,40)(H,38,39)(H2,34,35,42)/t22-,26+,31?/m1/s1. The number of benzene rings is 2. The molecule has 1 aliphatic carbocycles. The number of carbonyl (C=O) groups is 4. The number of hydrogen-bond donors (Lipinski definition) is 5. The van der Waals surface area contributed by atoms with Gasteiger partial charge in [-0.05, 0) is 61.9 Å². The smallest absolute Gasteiger partial charge is 0.323 e. The summed E-state index contributed by atoms with van der Waals surface area (Å²) in [6.07, 6.45) is 2.55. The molecule has 4 amide bonds. The van der Waals surface area contributed by atoms with E-state index in [-0.39, 0.29) is 30.8 Å². The first kappa shape index (κ1) is 32.0. The van der Waals surface area contributed by atoms with Crippen LogP contribution < -0.4 is 16.0 Å². The van der Waals surface area contributed by atoms with Gasteiger partial charge in [-0.2, -0.15) is 0 Å². The molecular formula is C32H43N5O6. The molecule has 0 bridgehead atoms. The van der Waals surface area contributed by atoms with E-state index in [0.717, 1.165) is 24.8 Å². The first-order chi connectivity index (χ1) is 20.5. The van der Waals surface area contributed by atoms with Crippen LogP contribution in [0.25, 0.3) is 0 Å². The molecule has 0 radical (unpaired) electrons. The van der Waals surface area contributed by atoms with Crippen molar-refractivity contribution in [3.63, 3.8) is 0 Å². The molecule has 1 saturated heterocycles. The summed E-state index contributed by atoms with van der Waals surface area (Å²) >= 11 is 0. The minimum Gasteiger partial charge on any atom is -0.481 e. The average Bonchev–Trinajstić information content (AvgIpc) is 3.13. The lowest BCUT2D eigenvalue weighted by atomic mass is 9.80. The molecule has 2 fully saturated rings. The zero-order chi connectivity index (χ0) is 31.1. The molecule has 1 heterocycles. The molecule has 11 heteroatoms. The van der Waals surface area contributed by atoms with E-state index in [2.05, 4.69) is 16.0 Å². The van der Waals surface area contributed by atoms with Crippen LogP contribution in [0.1, 0.15) is 71.3 Å². The summed E-state index contributed by atoms with van der Waals surface area (Å²) in [6.45, 7) is 5.76. The third-order valence-electron chi connectivity index (χ3n) is 8.19. The topological polar surface area (TPSA) is 151 Å². The lowest BCUT2D eigenvalue weighted by Crippen LogP contribution is -2.54. The Balaban J connectivity index is 1.53. The summed E-state index contributed by atoms with van der Waals surface area (Å²) in [4.78, 5) is 54.4. The Kier molecular flexibility index (Phi) is 10.4. The largest absolute Gasteiger partial charge is 0.481 e. The highest BCUT2D eigenvalue weighted by molar-refractivity contribution is 5.99. The summed E-state index contributed by atoms with van der Waals surface area (Å²) in [5, 5.41) is 29.2. The second-order valence-corrected chi connectivity index (χ2v) is 12.1. The molecule has 3 atom stereocenters. The van der Waals surface area contributed by atoms with Crippen LogP contribution >= 0.6 is 0 Å². The zero-order valence-corrected chi connectivity index (χ0v) is 25.1. The van der Waals surface area contributed by atoms with E-state index in [1.165, 1.54) is 4.90 Å². The number of carbonyl (C=O) groups excluding carboxylic acids is 3. The van der Waals surface area contributed by atoms with E-state index in [0.29, 0.717) is 30.6 Å². The van der Waals surface area contributed by atoms with Crippen LogP contribution in [-0.2, 0) is 20.9 Å². The van der Waals surface area contributed by atoms with Gasteiger partial charge in [-0.15, -0.1) is 0 Å². The summed E-state index contributed by atoms with van der Waals surface area (Å²) < 4.78 is 0. The van der Waals surface area contributed by atoms with Crippen molar-refractivity contribution in [2.24, 2.45) is 5.92 Å². The number of hydrogen-bond acceptors (Lipinski definition) is 6. The first-order valence-electron chi connectivity index (χ1n) is 15.0. The molecule has 4 rings (SSSR count). The number of carboxylic acids is 1. The van der Waals surface area contributed by atoms with Gasteiger partial charge in [-0.25, -0.2) is 9.69 Å². The maximum Gasteiger partial charge on any atom is 0.323 e. The molecule has 5 N–H and O–H groups in total. The van der Waals surface area contributed by atoms with E-state index >= 15 is 0 Å². The monoisotopic (exact) mass is 593 g/mol. The fourth-order valence-electron chi connectivity index (χ4n) is 6.16. The SMILES string of the molecule is CC(C)C[C@@H](C(=O)N[C@H](C)CC(=O)O)N1C(=O)C2(CCCCC2)N(Cc2ccc(NC(=O)Nc3ccccc3)cc2)C1O. The van der Waals surface area contributed by atoms with Crippen molar-refractivity contribution in [3.8, 4) is 0 Å². The number of aliphatic hydroxyl groups is 1. The predicted molar refractivity (Wildman–Crippen MR) is 163 cm³/mol. The number of anilines is 2. The molecule has 2 aliphatic rings. The fourth-order valence-corrected chi connectivity index (χ4v) is 6.16. The Labute approximate surface area is 252 Å². The molecule has 43 heavy (non-hydrogen) atoms. The van der Waals surface area contributed by atoms with E-state index in [1.54, 1.807) is 36.1 Å². The van der Waals surface area contributed by atoms with Gasteiger partial charge in [-0.3, -0.25) is 19.3 Å². The molecule has 0 aromatic heterocycles. The molecule has 11 nitrogen and oxygen atoms in total. The number of urea groups is 1. The number of nitrogens with one attached hydrogen (secondary N) is 3. The van der Waals surface area contributed by atoms with Gasteiger partial charge in [0.15, 0.2) is 6.35 Å². The first-order valence-corrected chi connectivity index (χ1v) is 15.0. The number of rotatable bonds is 11. The van der Waals surface area contributed by atoms with Gasteiger partial charge in [0.2, 0.25) is 11.8 Å². The lowest BCUT2D eigenvalue weighted by molar-refractivity contribution is -0.151. The number of nitrogens with zero attached hydrogens (tertiary/aromatic N) is 2. The van der Waals surface area contributed by atoms with Crippen LogP contribution in [0.15, 0.2) is 54.6 Å². The van der Waals surface area contributed by atoms with Crippen LogP contribution in [0.4, 0.5) is 16.2 Å². The third-order valence-corrected chi connectivity index (χ3v) is 8.19. The Bertz CT molecular complexity index is 1280. The Hall–Kier alpha value is -3.96. The van der Waals surface area contributed by atoms with Crippen LogP contribution in [0.3, 0.4) is 0 Å². The van der Waals surface area contributed by atoms with Crippen molar-refractivity contribution in [3.05, 3.63) is 60.2 Å². The normalized spacial score (nSPS) is 19.7. The zero-order valence-electron chi connectivity index (χ0n) is 25.1. The number of aliphatic carboxylic acids is 1. The van der Waals surface area contributed by atoms with Gasteiger partial charge in [0.25, 0.3) is 0 Å². The Morgan fingerprint density at radius 2 is 1.53 bits per heavy atom. The minimum absolute atomic E-state index is 0.0426. The van der Waals surface area contributed by atoms with Crippen LogP contribution in [-0.4, -0.2) is 67.8 Å². The molecular weight excluding hydrogens is 550 g/mol. The number of para-hydroxylation sites is 1. The van der Waals surface area contributed by atoms with Crippen molar-refractivity contribution < 1.29 is 29.4 Å². The molecule has 232 valence electrons. The summed E-state index contributed by atoms with van der Waals surface area (Å²) in [6, 6.07) is 14.4. The second kappa shape index (κ2) is 14.0. The Morgan fingerprint density at radius 3 is 2.12 bits per heavy atom. The van der Waals surface area contributed by atoms with Crippen LogP contribution in [0.5, 0.6) is 0 Å². The fraction of sp³-hybridized carbons (Fsp3) is 0.500. The summed E-state index contributed by atoms with van der Waals surface area (Å²) in [5.74, 6) is -1.72. The van der Waals surface area contributed by atoms with Gasteiger partial charge in [0.05, 0.1) is 6.42 Å². The van der Waals surface area contributed by atoms with Gasteiger partial charge >= 0.3 is 12.0 Å². The van der Waals surface area contributed by atoms with Gasteiger partial charge < -0.3 is 26.2 Å². The molecule has 1 saturated carbocycles. The summed E-state index contributed by atoms with van der Waals surface area (Å²) in [5.41, 5.74) is 1.17. The number of aliphatic hydroxyl groups excluding tert-OH is 1. The molecule has 1 spiro atoms. The van der Waals surface area contributed by atoms with Gasteiger partial charge in [0, 0.05) is 24.0 Å². The molecule has 2 aromatic rings. The lowest BCUT2D eigenvalue weighted by Gasteiger charge is -2.39. The highest BCUT2D eigenvalue weighted by Crippen LogP contribution is 2.44. The van der Waals surface area contributed by atoms with Crippen LogP contribution in [0, 0.1) is 5.92 Å². The quantitative estimate of drug-likeness (QED) is 0.260. The van der Waals surface area contributed by atoms with Crippen molar-refractivity contribution in [1.29, 1.82) is 0 Å².